The third-order valence-electron chi connectivity index (χ3n) is 15.4. The van der Waals surface area contributed by atoms with Gasteiger partial charge < -0.3 is 123 Å². The van der Waals surface area contributed by atoms with Crippen molar-refractivity contribution in [2.24, 2.45) is 0 Å². The molecule has 616 valence electrons. The SMILES string of the molecule is C=C(C)C(=O)OCCOCCOCCOCCOCCOCCOCCOCCOCCOCCOCCOCCOCCOCCOCCOCCOCCOCCOCCOCCOCCOCCOCCOCCOCCOc1c(C(C)c2ccccc2)cc(C(C)(C)C)cc1C(C)c1ccccc1. The first kappa shape index (κ1) is 96.9. The van der Waals surface area contributed by atoms with E-state index in [2.05, 4.69) is 114 Å². The summed E-state index contributed by atoms with van der Waals surface area (Å²) in [5.74, 6) is 0.811. The van der Waals surface area contributed by atoms with Crippen molar-refractivity contribution in [3.05, 3.63) is 113 Å². The van der Waals surface area contributed by atoms with Crippen molar-refractivity contribution in [3.8, 4) is 5.75 Å². The molecule has 0 heterocycles. The molecular formula is C80H134O27. The normalized spacial score (nSPS) is 12.4. The van der Waals surface area contributed by atoms with Gasteiger partial charge in [-0.05, 0) is 29.0 Å². The number of benzene rings is 3. The second-order valence-corrected chi connectivity index (χ2v) is 25.0. The summed E-state index contributed by atoms with van der Waals surface area (Å²) in [5, 5.41) is 0. The molecule has 0 bridgehead atoms. The molecule has 0 N–H and O–H groups in total. The molecule has 27 heteroatoms. The van der Waals surface area contributed by atoms with Crippen molar-refractivity contribution in [1.82, 2.24) is 0 Å². The Kier molecular flexibility index (Phi) is 65.2. The topological polar surface area (TPSA) is 257 Å². The van der Waals surface area contributed by atoms with E-state index < -0.39 is 5.97 Å². The smallest absolute Gasteiger partial charge is 0.333 e. The summed E-state index contributed by atoms with van der Waals surface area (Å²) in [5.41, 5.74) is 6.52. The quantitative estimate of drug-likeness (QED) is 0.0293. The maximum atomic E-state index is 11.3. The average molecular weight is 1530 g/mol. The number of hydrogen-bond donors (Lipinski definition) is 0. The highest BCUT2D eigenvalue weighted by molar-refractivity contribution is 5.86. The number of rotatable bonds is 81. The number of esters is 1. The monoisotopic (exact) mass is 1530 g/mol. The summed E-state index contributed by atoms with van der Waals surface area (Å²) in [7, 11) is 0. The Balaban J connectivity index is 0.908. The van der Waals surface area contributed by atoms with Crippen LogP contribution in [0, 0.1) is 0 Å². The molecule has 0 fully saturated rings. The van der Waals surface area contributed by atoms with E-state index in [0.717, 1.165) is 5.75 Å². The Hall–Kier alpha value is -4.29. The van der Waals surface area contributed by atoms with E-state index in [9.17, 15) is 4.79 Å². The van der Waals surface area contributed by atoms with Gasteiger partial charge in [0.15, 0.2) is 0 Å². The van der Waals surface area contributed by atoms with Crippen LogP contribution in [0.5, 0.6) is 5.75 Å². The van der Waals surface area contributed by atoms with Crippen LogP contribution in [0.1, 0.15) is 81.2 Å². The van der Waals surface area contributed by atoms with Crippen LogP contribution < -0.4 is 4.74 Å². The van der Waals surface area contributed by atoms with E-state index in [1.807, 2.05) is 0 Å². The van der Waals surface area contributed by atoms with Crippen LogP contribution in [-0.2, 0) is 129 Å². The highest BCUT2D eigenvalue weighted by Gasteiger charge is 2.26. The van der Waals surface area contributed by atoms with Gasteiger partial charge in [0.2, 0.25) is 0 Å². The summed E-state index contributed by atoms with van der Waals surface area (Å²) in [6.07, 6.45) is 0. The Morgan fingerprint density at radius 1 is 0.280 bits per heavy atom. The number of carbonyl (C=O) groups is 1. The standard InChI is InChI=1S/C80H134O27/c1-70(2)79(81)107-67-65-105-63-61-103-59-57-101-55-53-99-51-49-97-47-45-95-43-41-93-39-37-91-35-33-89-31-29-87-27-25-85-23-21-83-19-18-82-20-22-84-24-26-86-28-30-88-32-34-90-36-38-92-40-42-94-44-46-96-48-50-98-52-54-100-56-58-102-60-62-104-64-66-106-78-76(71(3)73-14-10-8-11-15-73)68-75(80(5,6)7)69-77(78)72(4)74-16-12-9-13-17-74/h8-17,68-69,71-72H,1,18-67H2,2-7H3. The van der Waals surface area contributed by atoms with Crippen molar-refractivity contribution < 1.29 is 128 Å². The lowest BCUT2D eigenvalue weighted by Crippen LogP contribution is -2.17. The fourth-order valence-electron chi connectivity index (χ4n) is 9.44. The van der Waals surface area contributed by atoms with Crippen LogP contribution in [0.4, 0.5) is 0 Å². The van der Waals surface area contributed by atoms with Gasteiger partial charge in [0.05, 0.1) is 317 Å². The lowest BCUT2D eigenvalue weighted by Gasteiger charge is -2.28. The van der Waals surface area contributed by atoms with Crippen molar-refractivity contribution in [3.63, 3.8) is 0 Å². The minimum atomic E-state index is -0.420. The number of carbonyl (C=O) groups excluding carboxylic acids is 1. The summed E-state index contributed by atoms with van der Waals surface area (Å²) >= 11 is 0. The summed E-state index contributed by atoms with van der Waals surface area (Å²) in [4.78, 5) is 11.3. The highest BCUT2D eigenvalue weighted by atomic mass is 16.6. The maximum absolute atomic E-state index is 11.3. The van der Waals surface area contributed by atoms with Gasteiger partial charge in [-0.15, -0.1) is 0 Å². The minimum absolute atomic E-state index is 0.0290. The van der Waals surface area contributed by atoms with E-state index in [-0.39, 0.29) is 23.9 Å². The summed E-state index contributed by atoms with van der Waals surface area (Å²) in [6, 6.07) is 26.0. The van der Waals surface area contributed by atoms with Crippen molar-refractivity contribution in [1.29, 1.82) is 0 Å². The molecule has 0 amide bonds. The third-order valence-corrected chi connectivity index (χ3v) is 15.4. The molecular weight excluding hydrogens is 1390 g/mol. The molecule has 0 radical (unpaired) electrons. The molecule has 3 aromatic rings. The van der Waals surface area contributed by atoms with Crippen LogP contribution >= 0.6 is 0 Å². The fraction of sp³-hybridized carbons (Fsp3) is 0.738. The Morgan fingerprint density at radius 2 is 0.449 bits per heavy atom. The molecule has 3 aromatic carbocycles. The van der Waals surface area contributed by atoms with Gasteiger partial charge in [-0.25, -0.2) is 4.79 Å². The fourth-order valence-corrected chi connectivity index (χ4v) is 9.44. The van der Waals surface area contributed by atoms with Gasteiger partial charge in [-0.3, -0.25) is 0 Å². The van der Waals surface area contributed by atoms with Crippen molar-refractivity contribution >= 4 is 5.97 Å². The largest absolute Gasteiger partial charge is 0.491 e. The second kappa shape index (κ2) is 72.0. The molecule has 27 nitrogen and oxygen atoms in total. The van der Waals surface area contributed by atoms with Gasteiger partial charge in [-0.1, -0.05) is 114 Å². The second-order valence-electron chi connectivity index (χ2n) is 25.0. The van der Waals surface area contributed by atoms with Crippen molar-refractivity contribution in [2.45, 2.75) is 58.8 Å². The summed E-state index contributed by atoms with van der Waals surface area (Å²) < 4.78 is 145. The van der Waals surface area contributed by atoms with Crippen LogP contribution in [-0.4, -0.2) is 336 Å². The molecule has 0 aliphatic heterocycles. The molecule has 3 rings (SSSR count). The molecule has 107 heavy (non-hydrogen) atoms. The van der Waals surface area contributed by atoms with E-state index >= 15 is 0 Å². The Bertz CT molecular complexity index is 2360. The molecule has 0 aliphatic carbocycles. The predicted octanol–water partition coefficient (Wildman–Crippen LogP) is 8.18. The van der Waals surface area contributed by atoms with E-state index in [1.54, 1.807) is 6.92 Å². The number of ether oxygens (including phenoxy) is 26. The van der Waals surface area contributed by atoms with Gasteiger partial charge in [0.25, 0.3) is 0 Å². The molecule has 0 aliphatic rings. The zero-order valence-electron chi connectivity index (χ0n) is 65.7. The van der Waals surface area contributed by atoms with Gasteiger partial charge in [0, 0.05) is 28.5 Å². The van der Waals surface area contributed by atoms with Crippen LogP contribution in [0.2, 0.25) is 0 Å². The van der Waals surface area contributed by atoms with Gasteiger partial charge >= 0.3 is 5.97 Å². The van der Waals surface area contributed by atoms with E-state index in [4.69, 9.17) is 123 Å². The lowest BCUT2D eigenvalue weighted by atomic mass is 9.79. The predicted molar refractivity (Wildman–Crippen MR) is 404 cm³/mol. The van der Waals surface area contributed by atoms with Crippen LogP contribution in [0.15, 0.2) is 84.9 Å². The molecule has 0 aromatic heterocycles. The molecule has 0 spiro atoms. The Labute approximate surface area is 639 Å². The average Bonchev–Trinajstić information content (AvgIpc) is 0.774. The molecule has 2 atom stereocenters. The highest BCUT2D eigenvalue weighted by Crippen LogP contribution is 2.43. The zero-order chi connectivity index (χ0) is 76.5. The first-order valence-electron chi connectivity index (χ1n) is 38.2. The van der Waals surface area contributed by atoms with Crippen LogP contribution in [0.3, 0.4) is 0 Å². The maximum Gasteiger partial charge on any atom is 0.333 e. The van der Waals surface area contributed by atoms with Gasteiger partial charge in [-0.2, -0.15) is 0 Å². The number of hydrogen-bond acceptors (Lipinski definition) is 27. The van der Waals surface area contributed by atoms with Crippen LogP contribution in [0.25, 0.3) is 0 Å². The molecule has 0 saturated carbocycles. The molecule has 0 saturated heterocycles. The Morgan fingerprint density at radius 3 is 0.617 bits per heavy atom. The van der Waals surface area contributed by atoms with Crippen molar-refractivity contribution in [2.75, 3.05) is 330 Å². The first-order chi connectivity index (χ1) is 52.6. The lowest BCUT2D eigenvalue weighted by molar-refractivity contribution is -0.140. The zero-order valence-corrected chi connectivity index (χ0v) is 65.7. The van der Waals surface area contributed by atoms with Gasteiger partial charge in [0.1, 0.15) is 19.0 Å². The first-order valence-corrected chi connectivity index (χ1v) is 38.2. The summed E-state index contributed by atoms with van der Waals surface area (Å²) in [6.45, 7) is 39.7. The van der Waals surface area contributed by atoms with E-state index in [0.29, 0.717) is 329 Å². The van der Waals surface area contributed by atoms with E-state index in [1.165, 1.54) is 27.8 Å². The third kappa shape index (κ3) is 57.4. The minimum Gasteiger partial charge on any atom is -0.491 e. The molecule has 2 unspecified atom stereocenters.